The molecule has 0 bridgehead atoms. The topological polar surface area (TPSA) is 28.2 Å². The van der Waals surface area contributed by atoms with Gasteiger partial charge in [-0.15, -0.1) is 5.73 Å². The Labute approximate surface area is 89.4 Å². The van der Waals surface area contributed by atoms with Gasteiger partial charge < -0.3 is 4.90 Å². The minimum absolute atomic E-state index is 0.772. The van der Waals surface area contributed by atoms with Crippen molar-refractivity contribution in [3.63, 3.8) is 0 Å². The van der Waals surface area contributed by atoms with E-state index >= 15 is 0 Å². The largest absolute Gasteiger partial charge is 0.334 e. The molecule has 0 saturated heterocycles. The van der Waals surface area contributed by atoms with Crippen molar-refractivity contribution < 1.29 is 0 Å². The number of hydrogen-bond donors (Lipinski definition) is 1. The number of nitrogens with zero attached hydrogens (tertiary/aromatic N) is 2. The molecule has 1 aliphatic heterocycles. The summed E-state index contributed by atoms with van der Waals surface area (Å²) >= 11 is 0. The first-order valence-corrected chi connectivity index (χ1v) is 4.91. The van der Waals surface area contributed by atoms with Gasteiger partial charge in [-0.2, -0.15) is 0 Å². The highest BCUT2D eigenvalue weighted by molar-refractivity contribution is 5.08. The molecule has 76 valence electrons. The molecule has 15 heavy (non-hydrogen) atoms. The molecular weight excluding hydrogens is 186 g/mol. The van der Waals surface area contributed by atoms with E-state index in [1.54, 1.807) is 6.20 Å². The zero-order valence-electron chi connectivity index (χ0n) is 8.43. The number of aromatic nitrogens is 1. The summed E-state index contributed by atoms with van der Waals surface area (Å²) in [5.41, 5.74) is 4.07. The van der Waals surface area contributed by atoms with Crippen LogP contribution in [0, 0.1) is 0 Å². The highest BCUT2D eigenvalue weighted by Crippen LogP contribution is 1.96. The quantitative estimate of drug-likeness (QED) is 0.747. The number of hydrogen-bond acceptors (Lipinski definition) is 3. The molecule has 0 atom stereocenters. The van der Waals surface area contributed by atoms with Crippen LogP contribution in [0.3, 0.4) is 0 Å². The standard InChI is InChI=1S/C12H13N3/c1-4-8-15(9-5-1)11-13-10-12-6-2-3-7-14-12/h1-4,6-9,13H,10-11H2. The van der Waals surface area contributed by atoms with Crippen molar-refractivity contribution >= 4 is 0 Å². The Hall–Kier alpha value is -1.83. The molecule has 1 aromatic heterocycles. The van der Waals surface area contributed by atoms with Crippen molar-refractivity contribution in [2.45, 2.75) is 6.54 Å². The maximum absolute atomic E-state index is 4.23. The van der Waals surface area contributed by atoms with Crippen molar-refractivity contribution in [1.82, 2.24) is 15.2 Å². The fourth-order valence-electron chi connectivity index (χ4n) is 1.31. The van der Waals surface area contributed by atoms with Crippen LogP contribution in [0.15, 0.2) is 54.7 Å². The van der Waals surface area contributed by atoms with Gasteiger partial charge >= 0.3 is 0 Å². The van der Waals surface area contributed by atoms with Gasteiger partial charge in [0.25, 0.3) is 0 Å². The lowest BCUT2D eigenvalue weighted by atomic mass is 10.3. The average molecular weight is 199 g/mol. The summed E-state index contributed by atoms with van der Waals surface area (Å²) in [6.45, 7) is 1.55. The van der Waals surface area contributed by atoms with E-state index in [-0.39, 0.29) is 0 Å². The van der Waals surface area contributed by atoms with Gasteiger partial charge in [-0.05, 0) is 24.3 Å². The van der Waals surface area contributed by atoms with Crippen LogP contribution in [-0.2, 0) is 6.54 Å². The second kappa shape index (κ2) is 5.15. The van der Waals surface area contributed by atoms with E-state index < -0.39 is 0 Å². The van der Waals surface area contributed by atoms with Crippen molar-refractivity contribution in [2.24, 2.45) is 0 Å². The van der Waals surface area contributed by atoms with Crippen molar-refractivity contribution in [1.29, 1.82) is 0 Å². The van der Waals surface area contributed by atoms with Crippen LogP contribution >= 0.6 is 0 Å². The maximum Gasteiger partial charge on any atom is 0.0729 e. The summed E-state index contributed by atoms with van der Waals surface area (Å²) in [6, 6.07) is 5.92. The van der Waals surface area contributed by atoms with Crippen LogP contribution in [0.1, 0.15) is 5.69 Å². The molecule has 2 rings (SSSR count). The molecule has 0 fully saturated rings. The Morgan fingerprint density at radius 3 is 3.13 bits per heavy atom. The van der Waals surface area contributed by atoms with Crippen LogP contribution < -0.4 is 5.32 Å². The molecule has 3 nitrogen and oxygen atoms in total. The molecule has 0 aliphatic carbocycles. The normalized spacial score (nSPS) is 13.5. The second-order valence-corrected chi connectivity index (χ2v) is 3.22. The highest BCUT2D eigenvalue weighted by atomic mass is 15.2. The summed E-state index contributed by atoms with van der Waals surface area (Å²) in [7, 11) is 0. The van der Waals surface area contributed by atoms with Crippen LogP contribution in [0.5, 0.6) is 0 Å². The van der Waals surface area contributed by atoms with Crippen LogP contribution in [0.2, 0.25) is 0 Å². The molecule has 0 unspecified atom stereocenters. The van der Waals surface area contributed by atoms with E-state index in [1.165, 1.54) is 0 Å². The molecule has 2 heterocycles. The number of pyridine rings is 1. The van der Waals surface area contributed by atoms with Gasteiger partial charge in [-0.3, -0.25) is 10.3 Å². The molecular formula is C12H13N3. The predicted octanol–water partition coefficient (Wildman–Crippen LogP) is 1.63. The number of allylic oxidation sites excluding steroid dienone is 2. The smallest absolute Gasteiger partial charge is 0.0729 e. The first-order chi connectivity index (χ1) is 7.45. The Kier molecular flexibility index (Phi) is 3.34. The Morgan fingerprint density at radius 1 is 1.40 bits per heavy atom. The van der Waals surface area contributed by atoms with Crippen LogP contribution in [-0.4, -0.2) is 16.6 Å². The van der Waals surface area contributed by atoms with E-state index in [0.717, 1.165) is 18.9 Å². The zero-order valence-corrected chi connectivity index (χ0v) is 8.43. The van der Waals surface area contributed by atoms with Crippen molar-refractivity contribution in [3.8, 4) is 0 Å². The van der Waals surface area contributed by atoms with Gasteiger partial charge in [0.15, 0.2) is 0 Å². The summed E-state index contributed by atoms with van der Waals surface area (Å²) in [5, 5.41) is 3.30. The fourth-order valence-corrected chi connectivity index (χ4v) is 1.31. The first kappa shape index (κ1) is 9.71. The van der Waals surface area contributed by atoms with E-state index in [2.05, 4.69) is 16.0 Å². The monoisotopic (exact) mass is 199 g/mol. The van der Waals surface area contributed by atoms with Gasteiger partial charge in [0.05, 0.1) is 12.4 Å². The van der Waals surface area contributed by atoms with Gasteiger partial charge in [-0.25, -0.2) is 0 Å². The molecule has 0 saturated carbocycles. The predicted molar refractivity (Wildman–Crippen MR) is 59.6 cm³/mol. The van der Waals surface area contributed by atoms with E-state index in [9.17, 15) is 0 Å². The molecule has 3 heteroatoms. The van der Waals surface area contributed by atoms with E-state index in [0.29, 0.717) is 0 Å². The Bertz CT molecular complexity index is 389. The molecule has 1 aliphatic rings. The number of rotatable bonds is 4. The van der Waals surface area contributed by atoms with Gasteiger partial charge in [0, 0.05) is 25.1 Å². The van der Waals surface area contributed by atoms with E-state index in [4.69, 9.17) is 0 Å². The molecule has 0 spiro atoms. The average Bonchev–Trinajstić information content (AvgIpc) is 2.32. The molecule has 1 aromatic rings. The van der Waals surface area contributed by atoms with Gasteiger partial charge in [-0.1, -0.05) is 6.07 Å². The molecule has 0 radical (unpaired) electrons. The summed E-state index contributed by atoms with van der Waals surface area (Å²) in [4.78, 5) is 6.26. The van der Waals surface area contributed by atoms with Gasteiger partial charge in [0.1, 0.15) is 0 Å². The SMILES string of the molecule is C1=CC=CN(CNCc2ccccn2)C=1. The Balaban J connectivity index is 1.76. The lowest BCUT2D eigenvalue weighted by molar-refractivity contribution is 0.441. The highest BCUT2D eigenvalue weighted by Gasteiger charge is 1.96. The summed E-state index contributed by atoms with van der Waals surface area (Å²) in [5.74, 6) is 0. The van der Waals surface area contributed by atoms with E-state index in [1.807, 2.05) is 47.7 Å². The molecule has 1 N–H and O–H groups in total. The van der Waals surface area contributed by atoms with Crippen LogP contribution in [0.4, 0.5) is 0 Å². The maximum atomic E-state index is 4.23. The second-order valence-electron chi connectivity index (χ2n) is 3.22. The summed E-state index contributed by atoms with van der Waals surface area (Å²) < 4.78 is 0. The lowest BCUT2D eigenvalue weighted by Gasteiger charge is -2.15. The number of nitrogens with one attached hydrogen (secondary N) is 1. The van der Waals surface area contributed by atoms with Crippen LogP contribution in [0.25, 0.3) is 0 Å². The van der Waals surface area contributed by atoms with Crippen molar-refractivity contribution in [2.75, 3.05) is 6.67 Å². The Morgan fingerprint density at radius 2 is 2.40 bits per heavy atom. The summed E-state index contributed by atoms with van der Waals surface area (Å²) in [6.07, 6.45) is 9.56. The molecule has 0 aromatic carbocycles. The minimum atomic E-state index is 0.772. The third-order valence-corrected chi connectivity index (χ3v) is 2.04. The van der Waals surface area contributed by atoms with Gasteiger partial charge in [0.2, 0.25) is 0 Å². The molecule has 0 amide bonds. The first-order valence-electron chi connectivity index (χ1n) is 4.91. The minimum Gasteiger partial charge on any atom is -0.334 e. The van der Waals surface area contributed by atoms with Crippen molar-refractivity contribution in [3.05, 3.63) is 60.4 Å². The zero-order chi connectivity index (χ0) is 10.3. The fraction of sp³-hybridized carbons (Fsp3) is 0.167. The third kappa shape index (κ3) is 3.09. The lowest BCUT2D eigenvalue weighted by Crippen LogP contribution is -2.26. The third-order valence-electron chi connectivity index (χ3n) is 2.04.